The second kappa shape index (κ2) is 6.82. The maximum absolute atomic E-state index is 13.8. The van der Waals surface area contributed by atoms with Crippen molar-refractivity contribution in [2.24, 2.45) is 0 Å². The fourth-order valence-electron chi connectivity index (χ4n) is 2.31. The molecule has 128 valence electrons. The van der Waals surface area contributed by atoms with Crippen molar-refractivity contribution >= 4 is 34.8 Å². The molecule has 8 heteroatoms. The van der Waals surface area contributed by atoms with Gasteiger partial charge in [0.25, 0.3) is 5.91 Å². The lowest BCUT2D eigenvalue weighted by Gasteiger charge is -2.08. The number of hydrogen-bond donors (Lipinski definition) is 1. The molecule has 4 nitrogen and oxygen atoms in total. The Bertz CT molecular complexity index is 953. The molecule has 0 spiro atoms. The van der Waals surface area contributed by atoms with Crippen LogP contribution in [0.1, 0.15) is 16.1 Å². The third-order valence-corrected chi connectivity index (χ3v) is 4.10. The lowest BCUT2D eigenvalue weighted by Crippen LogP contribution is -2.14. The van der Waals surface area contributed by atoms with Gasteiger partial charge in [0.2, 0.25) is 0 Å². The number of amides is 1. The number of carbonyl (C=O) groups is 1. The molecule has 0 unspecified atom stereocenters. The van der Waals surface area contributed by atoms with E-state index in [0.29, 0.717) is 5.56 Å². The number of benzene rings is 2. The van der Waals surface area contributed by atoms with Crippen molar-refractivity contribution in [2.45, 2.75) is 6.92 Å². The van der Waals surface area contributed by atoms with Crippen molar-refractivity contribution < 1.29 is 18.1 Å². The molecule has 1 aromatic heterocycles. The largest absolute Gasteiger partial charge is 0.360 e. The molecule has 1 heterocycles. The molecular weight excluding hydrogens is 373 g/mol. The second-order valence-electron chi connectivity index (χ2n) is 5.14. The number of carbonyl (C=O) groups excluding carboxylic acids is 1. The average molecular weight is 383 g/mol. The molecule has 0 aliphatic heterocycles. The van der Waals surface area contributed by atoms with Gasteiger partial charge in [-0.2, -0.15) is 0 Å². The zero-order valence-electron chi connectivity index (χ0n) is 12.7. The number of rotatable bonds is 3. The van der Waals surface area contributed by atoms with Crippen LogP contribution in [0.25, 0.3) is 11.3 Å². The van der Waals surface area contributed by atoms with Gasteiger partial charge >= 0.3 is 0 Å². The van der Waals surface area contributed by atoms with E-state index in [1.807, 2.05) is 0 Å². The minimum atomic E-state index is -0.777. The van der Waals surface area contributed by atoms with Crippen LogP contribution in [0.3, 0.4) is 0 Å². The maximum Gasteiger partial charge on any atom is 0.261 e. The predicted molar refractivity (Wildman–Crippen MR) is 91.0 cm³/mol. The Morgan fingerprint density at radius 1 is 1.16 bits per heavy atom. The molecule has 0 radical (unpaired) electrons. The van der Waals surface area contributed by atoms with Crippen LogP contribution >= 0.6 is 23.2 Å². The van der Waals surface area contributed by atoms with Gasteiger partial charge in [-0.15, -0.1) is 0 Å². The zero-order chi connectivity index (χ0) is 18.1. The van der Waals surface area contributed by atoms with E-state index in [1.165, 1.54) is 6.92 Å². The summed E-state index contributed by atoms with van der Waals surface area (Å²) in [5, 5.41) is 6.68. The summed E-state index contributed by atoms with van der Waals surface area (Å²) >= 11 is 12.3. The Kier molecular flexibility index (Phi) is 4.74. The zero-order valence-corrected chi connectivity index (χ0v) is 14.3. The lowest BCUT2D eigenvalue weighted by molar-refractivity contribution is 0.102. The molecule has 0 bridgehead atoms. The summed E-state index contributed by atoms with van der Waals surface area (Å²) in [4.78, 5) is 12.6. The molecule has 3 aromatic rings. The van der Waals surface area contributed by atoms with E-state index in [4.69, 9.17) is 27.7 Å². The van der Waals surface area contributed by atoms with E-state index in [2.05, 4.69) is 10.5 Å². The summed E-state index contributed by atoms with van der Waals surface area (Å²) < 4.78 is 32.1. The maximum atomic E-state index is 13.8. The second-order valence-corrected chi connectivity index (χ2v) is 5.95. The fourth-order valence-corrected chi connectivity index (χ4v) is 2.89. The van der Waals surface area contributed by atoms with Crippen molar-refractivity contribution in [3.05, 3.63) is 69.4 Å². The first-order valence-electron chi connectivity index (χ1n) is 7.05. The molecule has 1 N–H and O–H groups in total. The Morgan fingerprint density at radius 2 is 1.84 bits per heavy atom. The highest BCUT2D eigenvalue weighted by Crippen LogP contribution is 2.37. The van der Waals surface area contributed by atoms with Crippen LogP contribution in [0.5, 0.6) is 0 Å². The van der Waals surface area contributed by atoms with Crippen LogP contribution in [0.4, 0.5) is 14.5 Å². The highest BCUT2D eigenvalue weighted by atomic mass is 35.5. The minimum Gasteiger partial charge on any atom is -0.360 e. The highest BCUT2D eigenvalue weighted by molar-refractivity contribution is 6.39. The van der Waals surface area contributed by atoms with Crippen molar-refractivity contribution in [1.82, 2.24) is 5.16 Å². The fraction of sp³-hybridized carbons (Fsp3) is 0.0588. The lowest BCUT2D eigenvalue weighted by atomic mass is 10.1. The van der Waals surface area contributed by atoms with E-state index < -0.39 is 17.5 Å². The SMILES string of the molecule is Cc1onc(-c2c(Cl)cccc2Cl)c1C(=O)Nc1cc(F)ccc1F. The topological polar surface area (TPSA) is 55.1 Å². The van der Waals surface area contributed by atoms with Gasteiger partial charge in [-0.25, -0.2) is 8.78 Å². The van der Waals surface area contributed by atoms with Gasteiger partial charge < -0.3 is 9.84 Å². The third kappa shape index (κ3) is 3.36. The summed E-state index contributed by atoms with van der Waals surface area (Å²) in [5.41, 5.74) is 0.149. The van der Waals surface area contributed by atoms with E-state index in [9.17, 15) is 13.6 Å². The molecule has 0 saturated heterocycles. The van der Waals surface area contributed by atoms with Crippen LogP contribution < -0.4 is 5.32 Å². The first kappa shape index (κ1) is 17.4. The normalized spacial score (nSPS) is 10.8. The Balaban J connectivity index is 2.05. The van der Waals surface area contributed by atoms with Gasteiger partial charge in [0.15, 0.2) is 0 Å². The van der Waals surface area contributed by atoms with Gasteiger partial charge in [0.1, 0.15) is 28.7 Å². The molecular formula is C17H10Cl2F2N2O2. The summed E-state index contributed by atoms with van der Waals surface area (Å²) in [6, 6.07) is 7.55. The molecule has 0 aliphatic rings. The van der Waals surface area contributed by atoms with Crippen molar-refractivity contribution in [3.8, 4) is 11.3 Å². The van der Waals surface area contributed by atoms with Gasteiger partial charge in [0.05, 0.1) is 15.7 Å². The number of nitrogens with one attached hydrogen (secondary N) is 1. The predicted octanol–water partition coefficient (Wildman–Crippen LogP) is 5.49. The van der Waals surface area contributed by atoms with Gasteiger partial charge in [-0.05, 0) is 31.2 Å². The number of nitrogens with zero attached hydrogens (tertiary/aromatic N) is 1. The first-order valence-corrected chi connectivity index (χ1v) is 7.81. The highest BCUT2D eigenvalue weighted by Gasteiger charge is 2.25. The quantitative estimate of drug-likeness (QED) is 0.651. The number of halogens is 4. The smallest absolute Gasteiger partial charge is 0.261 e. The number of aryl methyl sites for hydroxylation is 1. The van der Waals surface area contributed by atoms with Crippen molar-refractivity contribution in [1.29, 1.82) is 0 Å². The van der Waals surface area contributed by atoms with Crippen LogP contribution in [0.15, 0.2) is 40.9 Å². The third-order valence-electron chi connectivity index (χ3n) is 3.47. The molecule has 25 heavy (non-hydrogen) atoms. The molecule has 2 aromatic carbocycles. The van der Waals surface area contributed by atoms with E-state index in [-0.39, 0.29) is 32.8 Å². The summed E-state index contributed by atoms with van der Waals surface area (Å²) in [5.74, 6) is -2.01. The molecule has 1 amide bonds. The van der Waals surface area contributed by atoms with Crippen LogP contribution in [0.2, 0.25) is 10.0 Å². The van der Waals surface area contributed by atoms with Crippen LogP contribution in [-0.2, 0) is 0 Å². The van der Waals surface area contributed by atoms with Crippen molar-refractivity contribution in [3.63, 3.8) is 0 Å². The summed E-state index contributed by atoms with van der Waals surface area (Å²) in [6.45, 7) is 1.51. The van der Waals surface area contributed by atoms with E-state index in [0.717, 1.165) is 18.2 Å². The molecule has 0 fully saturated rings. The number of aromatic nitrogens is 1. The van der Waals surface area contributed by atoms with Crippen LogP contribution in [0, 0.1) is 18.6 Å². The average Bonchev–Trinajstić information content (AvgIpc) is 2.92. The Morgan fingerprint density at radius 3 is 2.52 bits per heavy atom. The minimum absolute atomic E-state index is 0.0265. The molecule has 3 rings (SSSR count). The number of hydrogen-bond acceptors (Lipinski definition) is 3. The Labute approximate surface area is 151 Å². The molecule has 0 saturated carbocycles. The van der Waals surface area contributed by atoms with Crippen molar-refractivity contribution in [2.75, 3.05) is 5.32 Å². The molecule has 0 aliphatic carbocycles. The van der Waals surface area contributed by atoms with Crippen LogP contribution in [-0.4, -0.2) is 11.1 Å². The molecule has 0 atom stereocenters. The Hall–Kier alpha value is -2.44. The summed E-state index contributed by atoms with van der Waals surface area (Å²) in [6.07, 6.45) is 0. The summed E-state index contributed by atoms with van der Waals surface area (Å²) in [7, 11) is 0. The monoisotopic (exact) mass is 382 g/mol. The van der Waals surface area contributed by atoms with E-state index >= 15 is 0 Å². The van der Waals surface area contributed by atoms with Gasteiger partial charge in [-0.1, -0.05) is 34.4 Å². The first-order chi connectivity index (χ1) is 11.9. The van der Waals surface area contributed by atoms with E-state index in [1.54, 1.807) is 18.2 Å². The van der Waals surface area contributed by atoms with Gasteiger partial charge in [0, 0.05) is 11.6 Å². The van der Waals surface area contributed by atoms with Gasteiger partial charge in [-0.3, -0.25) is 4.79 Å². The number of anilines is 1. The standard InChI is InChI=1S/C17H10Cl2F2N2O2/c1-8-14(17(24)22-13-7-9(20)5-6-12(13)21)16(23-25-8)15-10(18)3-2-4-11(15)19/h2-7H,1H3,(H,22,24).